The molecule has 5 nitrogen and oxygen atoms in total. The quantitative estimate of drug-likeness (QED) is 0.735. The van der Waals surface area contributed by atoms with E-state index in [0.717, 1.165) is 12.8 Å². The molecule has 0 heterocycles. The van der Waals surface area contributed by atoms with Crippen molar-refractivity contribution in [2.24, 2.45) is 11.8 Å². The number of hydrogen-bond donors (Lipinski definition) is 2. The number of esters is 1. The number of nitrogens with one attached hydrogen (secondary N) is 1. The highest BCUT2D eigenvalue weighted by Crippen LogP contribution is 2.31. The molecular formula is C24H29NO4. The smallest absolute Gasteiger partial charge is 0.348 e. The molecule has 29 heavy (non-hydrogen) atoms. The molecule has 0 spiro atoms. The van der Waals surface area contributed by atoms with Crippen LogP contribution in [-0.4, -0.2) is 29.6 Å². The second-order valence-electron chi connectivity index (χ2n) is 7.96. The van der Waals surface area contributed by atoms with Crippen molar-refractivity contribution in [3.63, 3.8) is 0 Å². The molecule has 0 saturated heterocycles. The van der Waals surface area contributed by atoms with E-state index in [9.17, 15) is 14.7 Å². The van der Waals surface area contributed by atoms with E-state index in [2.05, 4.69) is 19.2 Å². The predicted octanol–water partition coefficient (Wildman–Crippen LogP) is 3.41. The summed E-state index contributed by atoms with van der Waals surface area (Å²) in [6.45, 7) is 3.92. The number of aliphatic hydroxyl groups is 1. The van der Waals surface area contributed by atoms with Gasteiger partial charge in [-0.1, -0.05) is 87.4 Å². The highest BCUT2D eigenvalue weighted by Gasteiger charge is 2.42. The van der Waals surface area contributed by atoms with E-state index in [0.29, 0.717) is 23.0 Å². The summed E-state index contributed by atoms with van der Waals surface area (Å²) in [6.07, 6.45) is 3.19. The van der Waals surface area contributed by atoms with Crippen molar-refractivity contribution in [1.29, 1.82) is 0 Å². The maximum atomic E-state index is 12.9. The second kappa shape index (κ2) is 9.23. The molecule has 1 fully saturated rings. The first-order chi connectivity index (χ1) is 13.9. The molecular weight excluding hydrogens is 366 g/mol. The van der Waals surface area contributed by atoms with Crippen LogP contribution >= 0.6 is 0 Å². The molecule has 1 amide bonds. The summed E-state index contributed by atoms with van der Waals surface area (Å²) in [7, 11) is 0. The van der Waals surface area contributed by atoms with E-state index >= 15 is 0 Å². The third-order valence-corrected chi connectivity index (χ3v) is 6.07. The van der Waals surface area contributed by atoms with Gasteiger partial charge in [0.05, 0.1) is 0 Å². The van der Waals surface area contributed by atoms with Gasteiger partial charge in [0.25, 0.3) is 5.91 Å². The van der Waals surface area contributed by atoms with Crippen LogP contribution in [0.1, 0.15) is 44.2 Å². The monoisotopic (exact) mass is 395 g/mol. The van der Waals surface area contributed by atoms with Gasteiger partial charge >= 0.3 is 5.97 Å². The fraction of sp³-hybridized carbons (Fsp3) is 0.417. The Balaban J connectivity index is 1.70. The van der Waals surface area contributed by atoms with E-state index in [1.54, 1.807) is 60.7 Å². The summed E-state index contributed by atoms with van der Waals surface area (Å²) in [5.74, 6) is -0.269. The van der Waals surface area contributed by atoms with Crippen LogP contribution in [0.25, 0.3) is 0 Å². The van der Waals surface area contributed by atoms with Gasteiger partial charge in [0.15, 0.2) is 6.61 Å². The van der Waals surface area contributed by atoms with Crippen molar-refractivity contribution in [3.8, 4) is 0 Å². The first-order valence-corrected chi connectivity index (χ1v) is 10.2. The van der Waals surface area contributed by atoms with Gasteiger partial charge in [-0.25, -0.2) is 4.79 Å². The molecule has 0 unspecified atom stereocenters. The van der Waals surface area contributed by atoms with Gasteiger partial charge in [-0.2, -0.15) is 0 Å². The minimum atomic E-state index is -1.98. The van der Waals surface area contributed by atoms with E-state index in [4.69, 9.17) is 4.74 Å². The number of ether oxygens (including phenoxy) is 1. The number of hydrogen-bond acceptors (Lipinski definition) is 4. The zero-order valence-electron chi connectivity index (χ0n) is 17.0. The van der Waals surface area contributed by atoms with Crippen LogP contribution < -0.4 is 5.32 Å². The molecule has 1 aliphatic rings. The summed E-state index contributed by atoms with van der Waals surface area (Å²) in [5.41, 5.74) is -1.19. The minimum Gasteiger partial charge on any atom is -0.453 e. The normalized spacial score (nSPS) is 22.0. The van der Waals surface area contributed by atoms with Gasteiger partial charge in [-0.3, -0.25) is 4.79 Å². The van der Waals surface area contributed by atoms with Gasteiger partial charge in [-0.15, -0.1) is 0 Å². The highest BCUT2D eigenvalue weighted by atomic mass is 16.6. The molecule has 0 aliphatic heterocycles. The number of carbonyl (C=O) groups excluding carboxylic acids is 2. The standard InChI is InChI=1S/C24H29NO4/c1-17-10-9-15-21(18(17)2)25-22(26)16-29-23(27)24(28,19-11-5-3-6-12-19)20-13-7-4-8-14-20/h3-8,11-14,17-18,21,28H,9-10,15-16H2,1-2H3,(H,25,26)/t17-,18+,21+/m0/s1. The van der Waals surface area contributed by atoms with Crippen LogP contribution in [-0.2, 0) is 19.9 Å². The van der Waals surface area contributed by atoms with Crippen molar-refractivity contribution in [2.75, 3.05) is 6.61 Å². The first-order valence-electron chi connectivity index (χ1n) is 10.2. The molecule has 0 aromatic heterocycles. The fourth-order valence-electron chi connectivity index (χ4n) is 4.03. The summed E-state index contributed by atoms with van der Waals surface area (Å²) < 4.78 is 5.28. The van der Waals surface area contributed by atoms with Crippen molar-refractivity contribution in [3.05, 3.63) is 71.8 Å². The van der Waals surface area contributed by atoms with E-state index < -0.39 is 18.2 Å². The summed E-state index contributed by atoms with van der Waals surface area (Å²) in [4.78, 5) is 25.3. The van der Waals surface area contributed by atoms with Crippen LogP contribution in [0.2, 0.25) is 0 Å². The van der Waals surface area contributed by atoms with Gasteiger partial charge in [0, 0.05) is 6.04 Å². The lowest BCUT2D eigenvalue weighted by molar-refractivity contribution is -0.164. The maximum absolute atomic E-state index is 12.9. The largest absolute Gasteiger partial charge is 0.453 e. The Kier molecular flexibility index (Phi) is 6.70. The predicted molar refractivity (Wildman–Crippen MR) is 111 cm³/mol. The van der Waals surface area contributed by atoms with Gasteiger partial charge in [0.1, 0.15) is 0 Å². The maximum Gasteiger partial charge on any atom is 0.348 e. The zero-order chi connectivity index (χ0) is 20.9. The molecule has 154 valence electrons. The highest BCUT2D eigenvalue weighted by molar-refractivity contribution is 5.88. The molecule has 2 aromatic carbocycles. The van der Waals surface area contributed by atoms with Crippen molar-refractivity contribution in [1.82, 2.24) is 5.32 Å². The van der Waals surface area contributed by atoms with E-state index in [-0.39, 0.29) is 11.9 Å². The van der Waals surface area contributed by atoms with Gasteiger partial charge in [-0.05, 0) is 29.4 Å². The number of carbonyl (C=O) groups is 2. The molecule has 1 aliphatic carbocycles. The minimum absolute atomic E-state index is 0.0899. The SMILES string of the molecule is C[C@@H]1[C@@H](C)CCC[C@H]1NC(=O)COC(=O)C(O)(c1ccccc1)c1ccccc1. The van der Waals surface area contributed by atoms with Gasteiger partial charge in [0.2, 0.25) is 5.60 Å². The Bertz CT molecular complexity index is 782. The molecule has 3 atom stereocenters. The van der Waals surface area contributed by atoms with Crippen LogP contribution in [0.3, 0.4) is 0 Å². The molecule has 2 aromatic rings. The Morgan fingerprint density at radius 2 is 1.55 bits per heavy atom. The number of amides is 1. The van der Waals surface area contributed by atoms with Crippen LogP contribution in [0.4, 0.5) is 0 Å². The average molecular weight is 395 g/mol. The first kappa shape index (κ1) is 21.1. The lowest BCUT2D eigenvalue weighted by Crippen LogP contribution is -2.46. The third kappa shape index (κ3) is 4.67. The summed E-state index contributed by atoms with van der Waals surface area (Å²) in [5, 5.41) is 14.3. The Morgan fingerprint density at radius 3 is 2.10 bits per heavy atom. The van der Waals surface area contributed by atoms with Crippen molar-refractivity contribution < 1.29 is 19.4 Å². The van der Waals surface area contributed by atoms with Gasteiger partial charge < -0.3 is 15.2 Å². The van der Waals surface area contributed by atoms with E-state index in [1.807, 2.05) is 0 Å². The zero-order valence-corrected chi connectivity index (χ0v) is 17.0. The molecule has 1 saturated carbocycles. The molecule has 2 N–H and O–H groups in total. The van der Waals surface area contributed by atoms with Crippen LogP contribution in [0, 0.1) is 11.8 Å². The summed E-state index contributed by atoms with van der Waals surface area (Å²) in [6, 6.07) is 17.3. The van der Waals surface area contributed by atoms with Crippen LogP contribution in [0.15, 0.2) is 60.7 Å². The second-order valence-corrected chi connectivity index (χ2v) is 7.96. The molecule has 3 rings (SSSR count). The lowest BCUT2D eigenvalue weighted by atomic mass is 9.78. The van der Waals surface area contributed by atoms with Crippen molar-refractivity contribution in [2.45, 2.75) is 44.8 Å². The molecule has 5 heteroatoms. The third-order valence-electron chi connectivity index (χ3n) is 6.07. The van der Waals surface area contributed by atoms with Crippen molar-refractivity contribution >= 4 is 11.9 Å². The van der Waals surface area contributed by atoms with Crippen LogP contribution in [0.5, 0.6) is 0 Å². The average Bonchev–Trinajstić information content (AvgIpc) is 2.76. The number of benzene rings is 2. The Labute approximate surface area is 172 Å². The summed E-state index contributed by atoms with van der Waals surface area (Å²) >= 11 is 0. The fourth-order valence-corrected chi connectivity index (χ4v) is 4.03. The molecule has 0 bridgehead atoms. The van der Waals surface area contributed by atoms with E-state index in [1.165, 1.54) is 6.42 Å². The lowest BCUT2D eigenvalue weighted by Gasteiger charge is -2.34. The topological polar surface area (TPSA) is 75.6 Å². The number of rotatable bonds is 6. The molecule has 0 radical (unpaired) electrons. The Hall–Kier alpha value is -2.66. The Morgan fingerprint density at radius 1 is 1.00 bits per heavy atom.